The number of carbonyl (C=O) groups excluding carboxylic acids is 2. The molecule has 15 N–H and O–H groups in total. The zero-order valence-corrected chi connectivity index (χ0v) is 41.2. The van der Waals surface area contributed by atoms with Crippen LogP contribution in [0.4, 0.5) is 75.2 Å². The molecule has 2 unspecified atom stereocenters. The Kier molecular flexibility index (Phi) is 21.4. The number of hydrogen-bond donors (Lipinski definition) is 10. The Balaban J connectivity index is 0.000000339. The lowest BCUT2D eigenvalue weighted by molar-refractivity contribution is 0.101. The Morgan fingerprint density at radius 2 is 0.985 bits per heavy atom. The summed E-state index contributed by atoms with van der Waals surface area (Å²) in [7, 11) is 6.06. The van der Waals surface area contributed by atoms with Crippen molar-refractivity contribution in [2.45, 2.75) is 6.92 Å². The van der Waals surface area contributed by atoms with Gasteiger partial charge in [0, 0.05) is 68.6 Å². The summed E-state index contributed by atoms with van der Waals surface area (Å²) in [6, 6.07) is 37.9. The van der Waals surface area contributed by atoms with Crippen LogP contribution >= 0.6 is 63.0 Å². The zero-order valence-electron chi connectivity index (χ0n) is 35.5. The third kappa shape index (κ3) is 16.5. The molecule has 5 aromatic carbocycles. The van der Waals surface area contributed by atoms with E-state index in [1.807, 2.05) is 42.5 Å². The number of anilines is 13. The Bertz CT molecular complexity index is 2830. The predicted octanol–water partition coefficient (Wildman–Crippen LogP) is 9.36. The fourth-order valence-corrected chi connectivity index (χ4v) is 5.84. The van der Waals surface area contributed by atoms with Crippen LogP contribution in [0.15, 0.2) is 134 Å². The van der Waals surface area contributed by atoms with Crippen LogP contribution in [-0.2, 0) is 0 Å². The third-order valence-corrected chi connectivity index (χ3v) is 8.74. The minimum absolute atomic E-state index is 0. The van der Waals surface area contributed by atoms with E-state index >= 15 is 0 Å². The molecule has 0 spiro atoms. The van der Waals surface area contributed by atoms with Crippen LogP contribution in [0.2, 0.25) is 0 Å². The number of fused-ring (bicyclic) bond motifs is 1. The lowest BCUT2D eigenvalue weighted by Crippen LogP contribution is -2.12. The molecule has 0 saturated heterocycles. The van der Waals surface area contributed by atoms with Gasteiger partial charge in [-0.25, -0.2) is 0 Å². The van der Waals surface area contributed by atoms with Crippen LogP contribution in [0.3, 0.4) is 0 Å². The van der Waals surface area contributed by atoms with E-state index in [2.05, 4.69) is 87.3 Å². The Morgan fingerprint density at radius 3 is 1.52 bits per heavy atom. The summed E-state index contributed by atoms with van der Waals surface area (Å²) in [6.07, 6.45) is 1.79. The van der Waals surface area contributed by atoms with Crippen molar-refractivity contribution in [2.75, 3.05) is 55.3 Å². The van der Waals surface area contributed by atoms with Crippen LogP contribution < -0.4 is 55.3 Å². The van der Waals surface area contributed by atoms with Gasteiger partial charge in [0.15, 0.2) is 0 Å². The number of nitrogens with one attached hydrogen (secondary N) is 5. The average molecular weight is 1020 g/mol. The minimum atomic E-state index is -0.232. The van der Waals surface area contributed by atoms with E-state index in [4.69, 9.17) is 28.7 Å². The highest BCUT2D eigenvalue weighted by Crippen LogP contribution is 2.28. The largest absolute Gasteiger partial charge is 0.399 e. The molecule has 3 aromatic heterocycles. The molecular formula is C43H48Cl3N16O2P3. The molecule has 18 nitrogen and oxygen atoms in total. The number of amides is 2. The summed E-state index contributed by atoms with van der Waals surface area (Å²) in [6.45, 7) is 2.06. The number of nitrogen functional groups attached to an aromatic ring is 5. The summed E-state index contributed by atoms with van der Waals surface area (Å²) in [5.41, 5.74) is 36.4. The van der Waals surface area contributed by atoms with Gasteiger partial charge in [0.05, 0.1) is 5.52 Å². The molecule has 348 valence electrons. The zero-order chi connectivity index (χ0) is 45.6. The number of rotatable bonds is 10. The molecule has 0 aliphatic carbocycles. The van der Waals surface area contributed by atoms with Crippen molar-refractivity contribution in [3.8, 4) is 0 Å². The van der Waals surface area contributed by atoms with Crippen molar-refractivity contribution in [3.05, 3.63) is 150 Å². The van der Waals surface area contributed by atoms with Crippen molar-refractivity contribution in [2.24, 2.45) is 0 Å². The monoisotopic (exact) mass is 1020 g/mol. The van der Waals surface area contributed by atoms with Crippen LogP contribution in [0, 0.1) is 6.92 Å². The molecule has 0 bridgehead atoms. The topological polar surface area (TPSA) is 302 Å². The lowest BCUT2D eigenvalue weighted by atomic mass is 10.1. The van der Waals surface area contributed by atoms with Crippen LogP contribution in [0.25, 0.3) is 10.9 Å². The first kappa shape index (κ1) is 54.4. The highest BCUT2D eigenvalue weighted by atomic mass is 35.5. The molecule has 2 amide bonds. The maximum Gasteiger partial charge on any atom is 0.255 e. The molecule has 2 atom stereocenters. The first-order valence-electron chi connectivity index (χ1n) is 19.1. The van der Waals surface area contributed by atoms with E-state index in [0.717, 1.165) is 35.9 Å². The van der Waals surface area contributed by atoms with Gasteiger partial charge in [0.1, 0.15) is 11.6 Å². The van der Waals surface area contributed by atoms with Gasteiger partial charge in [-0.2, -0.15) is 24.9 Å². The number of carbonyl (C=O) groups is 2. The molecule has 0 fully saturated rings. The number of aromatic nitrogens is 6. The van der Waals surface area contributed by atoms with E-state index in [0.29, 0.717) is 39.7 Å². The third-order valence-electron chi connectivity index (χ3n) is 8.74. The van der Waals surface area contributed by atoms with Gasteiger partial charge in [-0.1, -0.05) is 19.6 Å². The van der Waals surface area contributed by atoms with Gasteiger partial charge in [-0.3, -0.25) is 14.6 Å². The molecule has 0 aliphatic heterocycles. The van der Waals surface area contributed by atoms with Gasteiger partial charge in [0.25, 0.3) is 11.8 Å². The summed E-state index contributed by atoms with van der Waals surface area (Å²) < 4.78 is 0. The molecule has 67 heavy (non-hydrogen) atoms. The highest BCUT2D eigenvalue weighted by Gasteiger charge is 2.10. The minimum Gasteiger partial charge on any atom is -0.399 e. The lowest BCUT2D eigenvalue weighted by Gasteiger charge is -2.11. The first-order valence-corrected chi connectivity index (χ1v) is 23.7. The number of nitrogens with two attached hydrogens (primary N) is 5. The maximum atomic E-state index is 12.7. The molecule has 3 heterocycles. The normalized spacial score (nSPS) is 9.84. The quantitative estimate of drug-likeness (QED) is 0.0451. The molecule has 0 aliphatic rings. The first-order chi connectivity index (χ1) is 30.8. The standard InChI is InChI=1S/C27H24N8O.C16H16N8O.3ClH.H5P3/c1-16-2-11-22-21(14-16)23(12-13-30-22)31-18-7-9-20(10-8-18)33-26(36)17-3-5-19(6-4-17)32-25-15-24(28)34-27(29)35-25;17-10-3-7-11(8-4-10)20-13(25)9-1-5-12(6-2-9)21-16-23-14(18)22-15(19)24-16;;;;1-3-2/h2-15H,1H3,(H,30,31)(H,33,36)(H5,28,29,32,34,35);1-8H,17H2,(H,20,25)(H5,18,19,21,22,23,24);3*1H;3H,1-2H2. The van der Waals surface area contributed by atoms with E-state index in [1.54, 1.807) is 85.1 Å². The SMILES string of the molecule is Cc1ccc2nccc(Nc3ccc(NC(=O)c4ccc(Nc5cc(N)nc(N)n5)cc4)cc3)c2c1.Cl.Cl.Cl.Nc1ccc(NC(=O)c2ccc(Nc3nc(N)nc(N)n3)cc2)cc1.PPP. The fraction of sp³-hybridized carbons (Fsp3) is 0.0233. The number of halogens is 3. The predicted molar refractivity (Wildman–Crippen MR) is 291 cm³/mol. The van der Waals surface area contributed by atoms with Gasteiger partial charge in [-0.15, -0.1) is 55.1 Å². The van der Waals surface area contributed by atoms with Crippen LogP contribution in [0.5, 0.6) is 0 Å². The second-order valence-electron chi connectivity index (χ2n) is 13.6. The van der Waals surface area contributed by atoms with Gasteiger partial charge in [-0.05, 0) is 122 Å². The van der Waals surface area contributed by atoms with Crippen molar-refractivity contribution < 1.29 is 9.59 Å². The van der Waals surface area contributed by atoms with E-state index in [1.165, 1.54) is 5.56 Å². The Hall–Kier alpha value is -6.90. The molecule has 24 heteroatoms. The second kappa shape index (κ2) is 26.3. The number of hydrogen-bond acceptors (Lipinski definition) is 16. The van der Waals surface area contributed by atoms with E-state index in [-0.39, 0.29) is 78.6 Å². The summed E-state index contributed by atoms with van der Waals surface area (Å²) in [5.74, 6) is 0.651. The summed E-state index contributed by atoms with van der Waals surface area (Å²) in [5, 5.41) is 16.2. The molecular weight excluding hydrogens is 972 g/mol. The number of nitrogens with zero attached hydrogens (tertiary/aromatic N) is 6. The maximum absolute atomic E-state index is 12.7. The van der Waals surface area contributed by atoms with Gasteiger partial charge < -0.3 is 55.3 Å². The van der Waals surface area contributed by atoms with Crippen LogP contribution in [-0.4, -0.2) is 41.7 Å². The van der Waals surface area contributed by atoms with Gasteiger partial charge in [0.2, 0.25) is 23.8 Å². The van der Waals surface area contributed by atoms with Crippen molar-refractivity contribution in [1.29, 1.82) is 0 Å². The number of benzene rings is 5. The molecule has 0 saturated carbocycles. The Labute approximate surface area is 410 Å². The van der Waals surface area contributed by atoms with E-state index in [9.17, 15) is 9.59 Å². The second-order valence-corrected chi connectivity index (χ2v) is 17.9. The van der Waals surface area contributed by atoms with Crippen LogP contribution in [0.1, 0.15) is 26.3 Å². The summed E-state index contributed by atoms with van der Waals surface area (Å²) in [4.78, 5) is 48.8. The summed E-state index contributed by atoms with van der Waals surface area (Å²) >= 11 is 0. The molecule has 0 radical (unpaired) electrons. The highest BCUT2D eigenvalue weighted by molar-refractivity contribution is 8.33. The molecule has 8 rings (SSSR count). The fourth-order valence-electron chi connectivity index (χ4n) is 5.84. The molecule has 8 aromatic rings. The van der Waals surface area contributed by atoms with Crippen molar-refractivity contribution in [1.82, 2.24) is 29.9 Å². The number of pyridine rings is 1. The average Bonchev–Trinajstić information content (AvgIpc) is 3.26. The smallest absolute Gasteiger partial charge is 0.255 e. The van der Waals surface area contributed by atoms with E-state index < -0.39 is 0 Å². The Morgan fingerprint density at radius 1 is 0.522 bits per heavy atom. The van der Waals surface area contributed by atoms with Gasteiger partial charge >= 0.3 is 0 Å². The number of aryl methyl sites for hydroxylation is 1. The van der Waals surface area contributed by atoms with Crippen molar-refractivity contribution >= 4 is 161 Å². The van der Waals surface area contributed by atoms with Crippen molar-refractivity contribution in [3.63, 3.8) is 0 Å².